The maximum atomic E-state index is 12.9. The van der Waals surface area contributed by atoms with Crippen LogP contribution in [0.5, 0.6) is 0 Å². The fourth-order valence-electron chi connectivity index (χ4n) is 3.22. The third kappa shape index (κ3) is 4.21. The highest BCUT2D eigenvalue weighted by atomic mass is 35.5. The van der Waals surface area contributed by atoms with E-state index in [9.17, 15) is 4.21 Å². The second-order valence-corrected chi connectivity index (χ2v) is 10.2. The van der Waals surface area contributed by atoms with Crippen LogP contribution in [0.1, 0.15) is 19.8 Å². The van der Waals surface area contributed by atoms with E-state index < -0.39 is 9.73 Å². The van der Waals surface area contributed by atoms with E-state index >= 15 is 0 Å². The number of hydrogen-bond acceptors (Lipinski definition) is 8. The van der Waals surface area contributed by atoms with Gasteiger partial charge in [0.25, 0.3) is 0 Å². The Morgan fingerprint density at radius 1 is 1.29 bits per heavy atom. The number of aromatic nitrogens is 3. The lowest BCUT2D eigenvalue weighted by molar-refractivity contribution is 0.0985. The highest BCUT2D eigenvalue weighted by Gasteiger charge is 2.31. The Kier molecular flexibility index (Phi) is 5.15. The third-order valence-corrected chi connectivity index (χ3v) is 7.30. The number of halogens is 1. The molecule has 2 aliphatic rings. The van der Waals surface area contributed by atoms with Crippen LogP contribution in [0.15, 0.2) is 22.6 Å². The second kappa shape index (κ2) is 7.46. The van der Waals surface area contributed by atoms with Gasteiger partial charge >= 0.3 is 0 Å². The summed E-state index contributed by atoms with van der Waals surface area (Å²) in [7, 11) is -2.34. The summed E-state index contributed by atoms with van der Waals surface area (Å²) in [6.45, 7) is 4.02. The van der Waals surface area contributed by atoms with Gasteiger partial charge in [-0.1, -0.05) is 11.6 Å². The third-order valence-electron chi connectivity index (χ3n) is 4.85. The van der Waals surface area contributed by atoms with Crippen molar-refractivity contribution < 1.29 is 8.95 Å². The van der Waals surface area contributed by atoms with Gasteiger partial charge in [-0.2, -0.15) is 4.36 Å². The van der Waals surface area contributed by atoms with E-state index in [0.29, 0.717) is 37.0 Å². The first-order chi connectivity index (χ1) is 13.3. The summed E-state index contributed by atoms with van der Waals surface area (Å²) < 4.78 is 23.0. The van der Waals surface area contributed by atoms with E-state index in [1.54, 1.807) is 24.5 Å². The van der Waals surface area contributed by atoms with Crippen molar-refractivity contribution in [3.05, 3.63) is 23.4 Å². The van der Waals surface area contributed by atoms with Crippen LogP contribution >= 0.6 is 11.6 Å². The maximum absolute atomic E-state index is 12.9. The van der Waals surface area contributed by atoms with Gasteiger partial charge in [0.1, 0.15) is 16.8 Å². The average molecular weight is 423 g/mol. The molecule has 3 heterocycles. The van der Waals surface area contributed by atoms with Crippen LogP contribution in [0.25, 0.3) is 11.4 Å². The van der Waals surface area contributed by atoms with E-state index in [1.807, 2.05) is 0 Å². The molecule has 2 aromatic heterocycles. The largest absolute Gasteiger partial charge is 0.384 e. The number of ether oxygens (including phenoxy) is 1. The smallest absolute Gasteiger partial charge is 0.167 e. The first-order valence-corrected chi connectivity index (χ1v) is 11.6. The van der Waals surface area contributed by atoms with E-state index in [0.717, 1.165) is 18.7 Å². The van der Waals surface area contributed by atoms with Crippen molar-refractivity contribution in [3.8, 4) is 11.4 Å². The topological polar surface area (TPSA) is 107 Å². The number of rotatable bonds is 4. The van der Waals surface area contributed by atoms with E-state index in [1.165, 1.54) is 0 Å². The number of hydrogen-bond donors (Lipinski definition) is 1. The van der Waals surface area contributed by atoms with Crippen LogP contribution in [0.4, 0.5) is 17.5 Å². The zero-order valence-corrected chi connectivity index (χ0v) is 17.4. The number of anilines is 2. The first kappa shape index (κ1) is 19.4. The fraction of sp³-hybridized carbons (Fsp3) is 0.500. The van der Waals surface area contributed by atoms with Gasteiger partial charge in [-0.15, -0.1) is 0 Å². The fourth-order valence-corrected chi connectivity index (χ4v) is 5.06. The molecule has 1 saturated heterocycles. The molecular formula is C18H23ClN6O2S. The summed E-state index contributed by atoms with van der Waals surface area (Å²) >= 11 is 6.06. The lowest BCUT2D eigenvalue weighted by Crippen LogP contribution is -2.44. The summed E-state index contributed by atoms with van der Waals surface area (Å²) in [5.41, 5.74) is 6.48. The molecule has 8 nitrogen and oxygen atoms in total. The van der Waals surface area contributed by atoms with Gasteiger partial charge in [-0.3, -0.25) is 0 Å². The van der Waals surface area contributed by atoms with Gasteiger partial charge in [0.2, 0.25) is 0 Å². The zero-order chi connectivity index (χ0) is 19.9. The van der Waals surface area contributed by atoms with E-state index in [2.05, 4.69) is 26.2 Å². The van der Waals surface area contributed by atoms with Crippen LogP contribution in [-0.4, -0.2) is 56.5 Å². The number of morpholine rings is 1. The lowest BCUT2D eigenvalue weighted by atomic mass is 10.2. The Morgan fingerprint density at radius 3 is 2.75 bits per heavy atom. The minimum atomic E-state index is -2.34. The predicted octanol–water partition coefficient (Wildman–Crippen LogP) is 2.89. The van der Waals surface area contributed by atoms with Crippen molar-refractivity contribution in [2.75, 3.05) is 36.6 Å². The lowest BCUT2D eigenvalue weighted by Gasteiger charge is -2.34. The molecule has 0 spiro atoms. The highest BCUT2D eigenvalue weighted by Crippen LogP contribution is 2.33. The first-order valence-electron chi connectivity index (χ1n) is 9.20. The second-order valence-electron chi connectivity index (χ2n) is 7.28. The van der Waals surface area contributed by atoms with Crippen LogP contribution in [-0.2, 0) is 14.5 Å². The van der Waals surface area contributed by atoms with Crippen LogP contribution in [0.3, 0.4) is 0 Å². The van der Waals surface area contributed by atoms with Crippen molar-refractivity contribution >= 4 is 38.8 Å². The molecule has 0 unspecified atom stereocenters. The summed E-state index contributed by atoms with van der Waals surface area (Å²) in [6, 6.07) is 5.28. The molecule has 2 atom stereocenters. The molecule has 0 bridgehead atoms. The van der Waals surface area contributed by atoms with Crippen LogP contribution in [0, 0.1) is 0 Å². The zero-order valence-electron chi connectivity index (χ0n) is 15.8. The van der Waals surface area contributed by atoms with Crippen molar-refractivity contribution in [3.63, 3.8) is 0 Å². The van der Waals surface area contributed by atoms with Gasteiger partial charge in [0, 0.05) is 29.7 Å². The minimum absolute atomic E-state index is 0.141. The van der Waals surface area contributed by atoms with Gasteiger partial charge < -0.3 is 15.4 Å². The molecule has 2 aromatic rings. The molecule has 1 aliphatic heterocycles. The molecule has 150 valence electrons. The normalized spacial score (nSPS) is 22.0. The highest BCUT2D eigenvalue weighted by molar-refractivity contribution is 7.93. The molecule has 28 heavy (non-hydrogen) atoms. The Labute approximate surface area is 169 Å². The number of nitrogen functional groups attached to an aromatic ring is 1. The molecule has 10 heteroatoms. The van der Waals surface area contributed by atoms with Gasteiger partial charge in [0.05, 0.1) is 29.0 Å². The van der Waals surface area contributed by atoms with Crippen molar-refractivity contribution in [1.29, 1.82) is 0 Å². The molecule has 1 aliphatic carbocycles. The Bertz CT molecular complexity index is 999. The molecule has 0 amide bonds. The Balaban J connectivity index is 1.84. The quantitative estimate of drug-likeness (QED) is 0.754. The molecule has 1 saturated carbocycles. The molecule has 2 fully saturated rings. The Morgan fingerprint density at radius 2 is 2.07 bits per heavy atom. The number of pyridine rings is 1. The predicted molar refractivity (Wildman–Crippen MR) is 111 cm³/mol. The standard InChI is InChI=1S/C18H23ClN6O2S/c1-11-10-27-6-5-25(11)17-9-16(24-28(2,26)13-3-4-13)22-18(23-17)12-7-14(19)21-15(20)8-12/h7-9,11,13H,3-6,10H2,1-2H3,(H2,20,21)/t11-,28+/m1/s1. The molecular weight excluding hydrogens is 400 g/mol. The molecule has 2 N–H and O–H groups in total. The Hall–Kier alpha value is -1.97. The molecule has 0 aromatic carbocycles. The van der Waals surface area contributed by atoms with Gasteiger partial charge in [-0.25, -0.2) is 19.2 Å². The minimum Gasteiger partial charge on any atom is -0.384 e. The maximum Gasteiger partial charge on any atom is 0.167 e. The van der Waals surface area contributed by atoms with E-state index in [4.69, 9.17) is 27.1 Å². The molecule has 4 rings (SSSR count). The summed E-state index contributed by atoms with van der Waals surface area (Å²) in [5, 5.41) is 0.405. The average Bonchev–Trinajstić information content (AvgIpc) is 3.46. The summed E-state index contributed by atoms with van der Waals surface area (Å²) in [6.07, 6.45) is 3.59. The number of nitrogens with zero attached hydrogens (tertiary/aromatic N) is 5. The van der Waals surface area contributed by atoms with Gasteiger partial charge in [-0.05, 0) is 31.9 Å². The van der Waals surface area contributed by atoms with Crippen molar-refractivity contribution in [2.45, 2.75) is 31.1 Å². The van der Waals surface area contributed by atoms with Gasteiger partial charge in [0.15, 0.2) is 11.6 Å². The van der Waals surface area contributed by atoms with Crippen LogP contribution < -0.4 is 10.6 Å². The SMILES string of the molecule is C[C@@H]1COCCN1c1cc(N=[S@@](C)(=O)C2CC2)nc(-c2cc(N)nc(Cl)c2)n1. The monoisotopic (exact) mass is 422 g/mol. The van der Waals surface area contributed by atoms with E-state index in [-0.39, 0.29) is 22.3 Å². The summed E-state index contributed by atoms with van der Waals surface area (Å²) in [4.78, 5) is 15.4. The van der Waals surface area contributed by atoms with Crippen LogP contribution in [0.2, 0.25) is 5.15 Å². The van der Waals surface area contributed by atoms with Crippen molar-refractivity contribution in [1.82, 2.24) is 15.0 Å². The number of nitrogens with two attached hydrogens (primary N) is 1. The molecule has 0 radical (unpaired) electrons. The summed E-state index contributed by atoms with van der Waals surface area (Å²) in [5.74, 6) is 1.84. The van der Waals surface area contributed by atoms with Crippen molar-refractivity contribution in [2.24, 2.45) is 4.36 Å².